The van der Waals surface area contributed by atoms with Crippen molar-refractivity contribution in [2.75, 3.05) is 7.11 Å². The molecule has 1 aromatic rings. The predicted molar refractivity (Wildman–Crippen MR) is 70.7 cm³/mol. The number of esters is 1. The van der Waals surface area contributed by atoms with E-state index in [-0.39, 0.29) is 12.2 Å². The van der Waals surface area contributed by atoms with Gasteiger partial charge in [0.1, 0.15) is 5.75 Å². The van der Waals surface area contributed by atoms with Crippen LogP contribution in [-0.2, 0) is 9.53 Å². The Labute approximate surface area is 116 Å². The zero-order valence-electron chi connectivity index (χ0n) is 11.7. The molecule has 6 heteroatoms. The Morgan fingerprint density at radius 2 is 1.95 bits per heavy atom. The molecule has 2 N–H and O–H groups in total. The monoisotopic (exact) mass is 287 g/mol. The van der Waals surface area contributed by atoms with Crippen LogP contribution in [-0.4, -0.2) is 25.2 Å². The van der Waals surface area contributed by atoms with Crippen LogP contribution in [0.5, 0.6) is 5.75 Å². The van der Waals surface area contributed by atoms with Crippen molar-refractivity contribution >= 4 is 5.97 Å². The van der Waals surface area contributed by atoms with Crippen molar-refractivity contribution in [1.82, 2.24) is 0 Å². The van der Waals surface area contributed by atoms with E-state index in [0.29, 0.717) is 5.56 Å². The molecule has 0 amide bonds. The molecule has 0 aliphatic carbocycles. The van der Waals surface area contributed by atoms with Crippen molar-refractivity contribution in [1.29, 1.82) is 0 Å². The number of hydrogen-bond acceptors (Lipinski definition) is 4. The Bertz CT molecular complexity index is 458. The molecule has 0 saturated heterocycles. The summed E-state index contributed by atoms with van der Waals surface area (Å²) in [4.78, 5) is 11.5. The van der Waals surface area contributed by atoms with Crippen molar-refractivity contribution in [2.45, 2.75) is 38.3 Å². The molecule has 0 radical (unpaired) electrons. The first-order chi connectivity index (χ1) is 9.25. The Hall–Kier alpha value is -1.69. The first kappa shape index (κ1) is 16.4. The maximum atomic E-state index is 12.4. The fraction of sp³-hybridized carbons (Fsp3) is 0.500. The summed E-state index contributed by atoms with van der Waals surface area (Å²) in [5, 5.41) is 0. The van der Waals surface area contributed by atoms with E-state index >= 15 is 0 Å². The molecule has 112 valence electrons. The lowest BCUT2D eigenvalue weighted by Crippen LogP contribution is -2.40. The highest BCUT2D eigenvalue weighted by Gasteiger charge is 2.32. The number of nitrogens with two attached hydrogens (primary N) is 1. The molecule has 1 rings (SSSR count). The van der Waals surface area contributed by atoms with Crippen LogP contribution in [0.3, 0.4) is 0 Å². The van der Waals surface area contributed by atoms with Gasteiger partial charge in [-0.1, -0.05) is 18.2 Å². The first-order valence-electron chi connectivity index (χ1n) is 6.15. The van der Waals surface area contributed by atoms with Crippen molar-refractivity contribution in [2.24, 2.45) is 5.73 Å². The molecule has 0 aromatic heterocycles. The highest BCUT2D eigenvalue weighted by Crippen LogP contribution is 2.36. The number of rotatable bonds is 6. The number of alkyl halides is 2. The molecule has 1 atom stereocenters. The topological polar surface area (TPSA) is 61.5 Å². The predicted octanol–water partition coefficient (Wildman–Crippen LogP) is 2.67. The van der Waals surface area contributed by atoms with Crippen molar-refractivity contribution in [3.63, 3.8) is 0 Å². The molecule has 0 aliphatic rings. The van der Waals surface area contributed by atoms with E-state index in [1.54, 1.807) is 32.0 Å². The Balaban J connectivity index is 3.16. The van der Waals surface area contributed by atoms with Crippen LogP contribution in [0.15, 0.2) is 24.3 Å². The van der Waals surface area contributed by atoms with Gasteiger partial charge < -0.3 is 15.2 Å². The molecule has 1 aromatic carbocycles. The zero-order valence-corrected chi connectivity index (χ0v) is 11.7. The first-order valence-corrected chi connectivity index (χ1v) is 6.15. The Morgan fingerprint density at radius 3 is 2.45 bits per heavy atom. The standard InChI is InChI=1S/C14H19F2NO3/c1-14(2,17)10(8-12(18)19-3)9-6-4-5-7-11(9)20-13(15)16/h4-7,10,13H,8,17H2,1-3H3. The molecule has 0 fully saturated rings. The minimum absolute atomic E-state index is 0.0103. The quantitative estimate of drug-likeness (QED) is 0.817. The number of ether oxygens (including phenoxy) is 2. The van der Waals surface area contributed by atoms with Gasteiger partial charge in [-0.3, -0.25) is 4.79 Å². The van der Waals surface area contributed by atoms with Crippen LogP contribution in [0.4, 0.5) is 8.78 Å². The van der Waals surface area contributed by atoms with Gasteiger partial charge in [0, 0.05) is 11.5 Å². The Kier molecular flexibility index (Phi) is 5.44. The molecule has 0 saturated carbocycles. The third-order valence-corrected chi connectivity index (χ3v) is 3.01. The third kappa shape index (κ3) is 4.45. The second-order valence-corrected chi connectivity index (χ2v) is 5.07. The minimum atomic E-state index is -2.93. The fourth-order valence-corrected chi connectivity index (χ4v) is 2.00. The van der Waals surface area contributed by atoms with E-state index < -0.39 is 24.0 Å². The summed E-state index contributed by atoms with van der Waals surface area (Å²) < 4.78 is 34.0. The summed E-state index contributed by atoms with van der Waals surface area (Å²) >= 11 is 0. The largest absolute Gasteiger partial charge is 0.469 e. The van der Waals surface area contributed by atoms with Gasteiger partial charge in [0.25, 0.3) is 0 Å². The number of carbonyl (C=O) groups excluding carboxylic acids is 1. The number of para-hydroxylation sites is 1. The average molecular weight is 287 g/mol. The van der Waals surface area contributed by atoms with Crippen LogP contribution in [0.2, 0.25) is 0 Å². The van der Waals surface area contributed by atoms with Gasteiger partial charge in [-0.2, -0.15) is 8.78 Å². The molecule has 4 nitrogen and oxygen atoms in total. The normalized spacial score (nSPS) is 13.2. The van der Waals surface area contributed by atoms with Crippen molar-refractivity contribution in [3.05, 3.63) is 29.8 Å². The fourth-order valence-electron chi connectivity index (χ4n) is 2.00. The summed E-state index contributed by atoms with van der Waals surface area (Å²) in [6.07, 6.45) is -0.0103. The van der Waals surface area contributed by atoms with E-state index in [1.807, 2.05) is 0 Å². The highest BCUT2D eigenvalue weighted by molar-refractivity contribution is 5.71. The number of halogens is 2. The van der Waals surface area contributed by atoms with Gasteiger partial charge in [-0.25, -0.2) is 0 Å². The van der Waals surface area contributed by atoms with Crippen LogP contribution in [0, 0.1) is 0 Å². The maximum absolute atomic E-state index is 12.4. The van der Waals surface area contributed by atoms with E-state index in [9.17, 15) is 13.6 Å². The van der Waals surface area contributed by atoms with Gasteiger partial charge in [0.05, 0.1) is 13.5 Å². The number of methoxy groups -OCH3 is 1. The van der Waals surface area contributed by atoms with Crippen molar-refractivity contribution in [3.8, 4) is 5.75 Å². The maximum Gasteiger partial charge on any atom is 0.387 e. The average Bonchev–Trinajstić information content (AvgIpc) is 2.34. The van der Waals surface area contributed by atoms with E-state index in [1.165, 1.54) is 13.2 Å². The highest BCUT2D eigenvalue weighted by atomic mass is 19.3. The van der Waals surface area contributed by atoms with Gasteiger partial charge in [0.2, 0.25) is 0 Å². The lowest BCUT2D eigenvalue weighted by Gasteiger charge is -2.31. The number of hydrogen-bond donors (Lipinski definition) is 1. The lowest BCUT2D eigenvalue weighted by molar-refractivity contribution is -0.141. The number of benzene rings is 1. The molecular formula is C14H19F2NO3. The summed E-state index contributed by atoms with van der Waals surface area (Å²) in [6.45, 7) is 0.510. The SMILES string of the molecule is COC(=O)CC(c1ccccc1OC(F)F)C(C)(C)N. The minimum Gasteiger partial charge on any atom is -0.469 e. The Morgan fingerprint density at radius 1 is 1.35 bits per heavy atom. The molecule has 0 heterocycles. The van der Waals surface area contributed by atoms with Crippen LogP contribution in [0.25, 0.3) is 0 Å². The smallest absolute Gasteiger partial charge is 0.387 e. The molecule has 0 spiro atoms. The second kappa shape index (κ2) is 6.65. The summed E-state index contributed by atoms with van der Waals surface area (Å²) in [5.41, 5.74) is 5.73. The summed E-state index contributed by atoms with van der Waals surface area (Å²) in [6, 6.07) is 6.32. The molecule has 1 unspecified atom stereocenters. The summed E-state index contributed by atoms with van der Waals surface area (Å²) in [5.74, 6) is -0.930. The van der Waals surface area contributed by atoms with E-state index in [0.717, 1.165) is 0 Å². The second-order valence-electron chi connectivity index (χ2n) is 5.07. The number of carbonyl (C=O) groups is 1. The molecular weight excluding hydrogens is 268 g/mol. The molecule has 20 heavy (non-hydrogen) atoms. The van der Waals surface area contributed by atoms with Gasteiger partial charge >= 0.3 is 12.6 Å². The lowest BCUT2D eigenvalue weighted by atomic mass is 9.80. The van der Waals surface area contributed by atoms with Gasteiger partial charge in [-0.15, -0.1) is 0 Å². The zero-order chi connectivity index (χ0) is 15.3. The van der Waals surface area contributed by atoms with Crippen molar-refractivity contribution < 1.29 is 23.0 Å². The van der Waals surface area contributed by atoms with Crippen LogP contribution in [0.1, 0.15) is 31.7 Å². The molecule has 0 aliphatic heterocycles. The van der Waals surface area contributed by atoms with Gasteiger partial charge in [0.15, 0.2) is 0 Å². The van der Waals surface area contributed by atoms with E-state index in [2.05, 4.69) is 9.47 Å². The third-order valence-electron chi connectivity index (χ3n) is 3.01. The van der Waals surface area contributed by atoms with E-state index in [4.69, 9.17) is 5.73 Å². The van der Waals surface area contributed by atoms with Gasteiger partial charge in [-0.05, 0) is 25.5 Å². The van der Waals surface area contributed by atoms with Crippen LogP contribution >= 0.6 is 0 Å². The summed E-state index contributed by atoms with van der Waals surface area (Å²) in [7, 11) is 1.27. The molecule has 0 bridgehead atoms. The van der Waals surface area contributed by atoms with Crippen LogP contribution < -0.4 is 10.5 Å².